The van der Waals surface area contributed by atoms with E-state index in [-0.39, 0.29) is 41.5 Å². The molecule has 0 fully saturated rings. The van der Waals surface area contributed by atoms with Gasteiger partial charge >= 0.3 is 18.2 Å². The number of nitrogens with one attached hydrogen (secondary N) is 2. The van der Waals surface area contributed by atoms with Crippen molar-refractivity contribution in [3.05, 3.63) is 120 Å². The minimum atomic E-state index is -4.69. The van der Waals surface area contributed by atoms with Crippen molar-refractivity contribution >= 4 is 27.5 Å². The van der Waals surface area contributed by atoms with Crippen LogP contribution in [0.3, 0.4) is 0 Å². The van der Waals surface area contributed by atoms with Crippen molar-refractivity contribution in [1.29, 1.82) is 0 Å². The lowest BCUT2D eigenvalue weighted by molar-refractivity contribution is -0.138. The second kappa shape index (κ2) is 14.0. The number of carboxylic acids is 1. The van der Waals surface area contributed by atoms with Crippen molar-refractivity contribution in [3.8, 4) is 5.75 Å². The van der Waals surface area contributed by atoms with Crippen molar-refractivity contribution in [2.24, 2.45) is 0 Å². The summed E-state index contributed by atoms with van der Waals surface area (Å²) in [5.41, 5.74) is 0.309. The smallest absolute Gasteiger partial charge is 0.416 e. The molecule has 1 unspecified atom stereocenters. The van der Waals surface area contributed by atoms with Gasteiger partial charge in [0.05, 0.1) is 22.6 Å². The second-order valence-electron chi connectivity index (χ2n) is 9.83. The molecule has 230 valence electrons. The van der Waals surface area contributed by atoms with Crippen molar-refractivity contribution in [1.82, 2.24) is 10.3 Å². The van der Waals surface area contributed by atoms with Gasteiger partial charge in [0.25, 0.3) is 0 Å². The summed E-state index contributed by atoms with van der Waals surface area (Å²) < 4.78 is 72.5. The molecule has 2 amide bonds. The van der Waals surface area contributed by atoms with E-state index in [2.05, 4.69) is 15.6 Å². The predicted octanol–water partition coefficient (Wildman–Crippen LogP) is 6.03. The van der Waals surface area contributed by atoms with Gasteiger partial charge in [0.2, 0.25) is 0 Å². The van der Waals surface area contributed by atoms with E-state index in [1.165, 1.54) is 30.3 Å². The number of alkyl halides is 3. The predicted molar refractivity (Wildman–Crippen MR) is 156 cm³/mol. The highest BCUT2D eigenvalue weighted by Crippen LogP contribution is 2.33. The monoisotopic (exact) mass is 627 g/mol. The molecule has 3 aromatic carbocycles. The molecular formula is C31H28F3N3O6S. The second-order valence-corrected chi connectivity index (χ2v) is 11.9. The number of nitrogens with zero attached hydrogens (tertiary/aromatic N) is 1. The first kappa shape index (κ1) is 32.0. The van der Waals surface area contributed by atoms with Crippen LogP contribution in [0.15, 0.2) is 102 Å². The third kappa shape index (κ3) is 9.30. The average molecular weight is 628 g/mol. The number of carboxylic acid groups (broad SMARTS) is 1. The van der Waals surface area contributed by atoms with Crippen LogP contribution in [0, 0.1) is 0 Å². The van der Waals surface area contributed by atoms with E-state index in [0.717, 1.165) is 12.1 Å². The quantitative estimate of drug-likeness (QED) is 0.175. The lowest BCUT2D eigenvalue weighted by atomic mass is 9.98. The zero-order valence-corrected chi connectivity index (χ0v) is 23.9. The van der Waals surface area contributed by atoms with Gasteiger partial charge in [0.1, 0.15) is 12.4 Å². The van der Waals surface area contributed by atoms with Crippen LogP contribution in [-0.2, 0) is 34.0 Å². The van der Waals surface area contributed by atoms with E-state index in [9.17, 15) is 36.3 Å². The zero-order chi connectivity index (χ0) is 31.7. The number of carbonyl (C=O) groups excluding carboxylic acids is 1. The largest absolute Gasteiger partial charge is 0.489 e. The molecule has 0 saturated carbocycles. The van der Waals surface area contributed by atoms with Crippen LogP contribution >= 0.6 is 0 Å². The number of carbonyl (C=O) groups is 2. The number of pyridine rings is 1. The molecular weight excluding hydrogens is 599 g/mol. The summed E-state index contributed by atoms with van der Waals surface area (Å²) in [4.78, 5) is 27.6. The Labute approximate surface area is 251 Å². The molecule has 9 nitrogen and oxygen atoms in total. The molecule has 1 heterocycles. The Morgan fingerprint density at radius 2 is 1.66 bits per heavy atom. The molecule has 0 spiro atoms. The first-order chi connectivity index (χ1) is 20.9. The third-order valence-electron chi connectivity index (χ3n) is 6.45. The first-order valence-electron chi connectivity index (χ1n) is 13.3. The maximum Gasteiger partial charge on any atom is 0.416 e. The summed E-state index contributed by atoms with van der Waals surface area (Å²) in [6, 6.07) is 19.5. The average Bonchev–Trinajstić information content (AvgIpc) is 2.99. The van der Waals surface area contributed by atoms with Gasteiger partial charge < -0.3 is 20.5 Å². The summed E-state index contributed by atoms with van der Waals surface area (Å²) in [6.45, 7) is -0.191. The number of anilines is 1. The number of hydrogen-bond acceptors (Lipinski definition) is 6. The summed E-state index contributed by atoms with van der Waals surface area (Å²) in [5, 5.41) is 14.2. The molecule has 0 saturated heterocycles. The van der Waals surface area contributed by atoms with Gasteiger partial charge in [-0.3, -0.25) is 9.78 Å². The SMILES string of the molecule is O=C(O)CC(CS(=O)(=O)c1ccc(OCc2cc(NC(=O)NCc3cccnc3)cc(C(F)(F)F)c2)cc1)c1ccccc1. The van der Waals surface area contributed by atoms with E-state index in [1.807, 2.05) is 0 Å². The molecule has 4 rings (SSSR count). The Balaban J connectivity index is 1.43. The minimum Gasteiger partial charge on any atom is -0.489 e. The van der Waals surface area contributed by atoms with Gasteiger partial charge in [0, 0.05) is 30.5 Å². The van der Waals surface area contributed by atoms with Gasteiger partial charge in [-0.05, 0) is 65.2 Å². The Morgan fingerprint density at radius 3 is 2.30 bits per heavy atom. The lowest BCUT2D eigenvalue weighted by Crippen LogP contribution is -2.28. The van der Waals surface area contributed by atoms with Crippen LogP contribution in [0.5, 0.6) is 5.75 Å². The van der Waals surface area contributed by atoms with Gasteiger partial charge in [-0.1, -0.05) is 36.4 Å². The molecule has 1 aromatic heterocycles. The van der Waals surface area contributed by atoms with Crippen LogP contribution in [0.25, 0.3) is 0 Å². The maximum absolute atomic E-state index is 13.6. The van der Waals surface area contributed by atoms with E-state index in [0.29, 0.717) is 11.1 Å². The van der Waals surface area contributed by atoms with Crippen LogP contribution in [-0.4, -0.2) is 36.3 Å². The van der Waals surface area contributed by atoms with Gasteiger partial charge in [-0.15, -0.1) is 0 Å². The van der Waals surface area contributed by atoms with Gasteiger partial charge in [0.15, 0.2) is 9.84 Å². The number of ether oxygens (including phenoxy) is 1. The molecule has 0 aliphatic carbocycles. The fraction of sp³-hybridized carbons (Fsp3) is 0.194. The van der Waals surface area contributed by atoms with Crippen molar-refractivity contribution < 1.29 is 41.0 Å². The number of aliphatic carboxylic acids is 1. The van der Waals surface area contributed by atoms with Gasteiger partial charge in [-0.2, -0.15) is 13.2 Å². The summed E-state index contributed by atoms with van der Waals surface area (Å²) in [6.07, 6.45) is -1.95. The Kier molecular flexibility index (Phi) is 10.2. The number of halogens is 3. The third-order valence-corrected chi connectivity index (χ3v) is 8.29. The highest BCUT2D eigenvalue weighted by molar-refractivity contribution is 7.91. The Morgan fingerprint density at radius 1 is 0.932 bits per heavy atom. The molecule has 13 heteroatoms. The summed E-state index contributed by atoms with van der Waals surface area (Å²) in [5.74, 6) is -2.14. The number of sulfone groups is 1. The number of rotatable bonds is 12. The minimum absolute atomic E-state index is 0.0565. The molecule has 4 aromatic rings. The van der Waals surface area contributed by atoms with E-state index >= 15 is 0 Å². The van der Waals surface area contributed by atoms with E-state index in [4.69, 9.17) is 4.74 Å². The fourth-order valence-corrected chi connectivity index (χ4v) is 5.93. The Hall–Kier alpha value is -4.91. The molecule has 44 heavy (non-hydrogen) atoms. The highest BCUT2D eigenvalue weighted by Gasteiger charge is 2.31. The van der Waals surface area contributed by atoms with E-state index in [1.54, 1.807) is 54.9 Å². The van der Waals surface area contributed by atoms with Crippen LogP contribution in [0.1, 0.15) is 34.6 Å². The van der Waals surface area contributed by atoms with Gasteiger partial charge in [-0.25, -0.2) is 13.2 Å². The summed E-state index contributed by atoms with van der Waals surface area (Å²) >= 11 is 0. The Bertz CT molecular complexity index is 1680. The molecule has 1 atom stereocenters. The van der Waals surface area contributed by atoms with Crippen molar-refractivity contribution in [2.75, 3.05) is 11.1 Å². The zero-order valence-electron chi connectivity index (χ0n) is 23.1. The lowest BCUT2D eigenvalue weighted by Gasteiger charge is -2.16. The number of benzene rings is 3. The number of hydrogen-bond donors (Lipinski definition) is 3. The van der Waals surface area contributed by atoms with Crippen molar-refractivity contribution in [2.45, 2.75) is 36.6 Å². The molecule has 3 N–H and O–H groups in total. The maximum atomic E-state index is 13.6. The summed E-state index contributed by atoms with van der Waals surface area (Å²) in [7, 11) is -3.89. The van der Waals surface area contributed by atoms with Crippen molar-refractivity contribution in [3.63, 3.8) is 0 Å². The number of amides is 2. The number of aromatic nitrogens is 1. The molecule has 0 radical (unpaired) electrons. The highest BCUT2D eigenvalue weighted by atomic mass is 32.2. The topological polar surface area (TPSA) is 135 Å². The van der Waals surface area contributed by atoms with E-state index < -0.39 is 45.2 Å². The van der Waals surface area contributed by atoms with Crippen LogP contribution in [0.4, 0.5) is 23.7 Å². The standard InChI is InChI=1S/C31H28F3N3O6S/c32-31(33,34)25-13-22(14-26(16-25)37-30(40)36-18-21-5-4-12-35-17-21)19-43-27-8-10-28(11-9-27)44(41,42)20-24(15-29(38)39)23-6-2-1-3-7-23/h1-14,16-17,24H,15,18-20H2,(H,38,39)(H2,36,37,40). The van der Waals surface area contributed by atoms with Crippen LogP contribution < -0.4 is 15.4 Å². The number of urea groups is 1. The normalized spacial score (nSPS) is 12.2. The molecule has 0 aliphatic heterocycles. The molecule has 0 bridgehead atoms. The molecule has 0 aliphatic rings. The van der Waals surface area contributed by atoms with Crippen LogP contribution in [0.2, 0.25) is 0 Å². The fourth-order valence-electron chi connectivity index (χ4n) is 4.35. The first-order valence-corrected chi connectivity index (χ1v) is 14.9.